The van der Waals surface area contributed by atoms with Gasteiger partial charge in [-0.3, -0.25) is 4.79 Å². The van der Waals surface area contributed by atoms with Crippen LogP contribution in [0.4, 0.5) is 0 Å². The van der Waals surface area contributed by atoms with Gasteiger partial charge in [0.05, 0.1) is 5.75 Å². The average Bonchev–Trinajstić information content (AvgIpc) is 2.29. The first-order valence-electron chi connectivity index (χ1n) is 5.46. The van der Waals surface area contributed by atoms with Crippen LogP contribution in [0.15, 0.2) is 5.34 Å². The van der Waals surface area contributed by atoms with E-state index in [4.69, 9.17) is 5.11 Å². The Morgan fingerprint density at radius 3 is 2.19 bits per heavy atom. The summed E-state index contributed by atoms with van der Waals surface area (Å²) in [6.45, 7) is 2.68. The lowest BCUT2D eigenvalue weighted by molar-refractivity contribution is -0.133. The SMILES string of the molecule is CCCCCCCCON=O.O=C(O)CS. The van der Waals surface area contributed by atoms with Gasteiger partial charge in [-0.1, -0.05) is 32.6 Å². The number of aliphatic carboxylic acids is 1. The summed E-state index contributed by atoms with van der Waals surface area (Å²) in [6.07, 6.45) is 7.23. The predicted molar refractivity (Wildman–Crippen MR) is 66.6 cm³/mol. The highest BCUT2D eigenvalue weighted by Gasteiger charge is 1.89. The maximum Gasteiger partial charge on any atom is 0.313 e. The van der Waals surface area contributed by atoms with Gasteiger partial charge in [0, 0.05) is 0 Å². The predicted octanol–water partition coefficient (Wildman–Crippen LogP) is 3.05. The first-order chi connectivity index (χ1) is 7.68. The molecule has 0 aromatic heterocycles. The lowest BCUT2D eigenvalue weighted by Gasteiger charge is -1.97. The fourth-order valence-corrected chi connectivity index (χ4v) is 0.984. The van der Waals surface area contributed by atoms with E-state index in [0.717, 1.165) is 12.8 Å². The van der Waals surface area contributed by atoms with E-state index in [2.05, 4.69) is 29.7 Å². The highest BCUT2D eigenvalue weighted by atomic mass is 32.1. The van der Waals surface area contributed by atoms with E-state index in [0.29, 0.717) is 6.61 Å². The van der Waals surface area contributed by atoms with E-state index < -0.39 is 5.97 Å². The van der Waals surface area contributed by atoms with E-state index in [-0.39, 0.29) is 5.75 Å². The van der Waals surface area contributed by atoms with Crippen LogP contribution in [0.1, 0.15) is 45.4 Å². The van der Waals surface area contributed by atoms with Crippen molar-refractivity contribution in [1.29, 1.82) is 0 Å². The highest BCUT2D eigenvalue weighted by molar-refractivity contribution is 7.81. The van der Waals surface area contributed by atoms with Gasteiger partial charge in [0.2, 0.25) is 0 Å². The average molecular weight is 251 g/mol. The number of carboxylic acid groups (broad SMARTS) is 1. The normalized spacial score (nSPS) is 8.88. The molecule has 0 spiro atoms. The fraction of sp³-hybridized carbons (Fsp3) is 0.900. The number of rotatable bonds is 9. The van der Waals surface area contributed by atoms with Crippen LogP contribution in [0.25, 0.3) is 0 Å². The van der Waals surface area contributed by atoms with Crippen molar-refractivity contribution in [2.75, 3.05) is 12.4 Å². The van der Waals surface area contributed by atoms with Gasteiger partial charge in [-0.25, -0.2) is 0 Å². The summed E-state index contributed by atoms with van der Waals surface area (Å²) in [5.41, 5.74) is 0. The van der Waals surface area contributed by atoms with E-state index in [9.17, 15) is 9.70 Å². The topological polar surface area (TPSA) is 76.0 Å². The molecule has 0 aliphatic rings. The Morgan fingerprint density at radius 2 is 1.75 bits per heavy atom. The third-order valence-electron chi connectivity index (χ3n) is 1.78. The number of nitrogens with zero attached hydrogens (tertiary/aromatic N) is 1. The number of hydrogen-bond acceptors (Lipinski definition) is 5. The first kappa shape index (κ1) is 17.6. The van der Waals surface area contributed by atoms with Crippen LogP contribution < -0.4 is 0 Å². The Balaban J connectivity index is 0. The number of carbonyl (C=O) groups is 1. The summed E-state index contributed by atoms with van der Waals surface area (Å²) in [5.74, 6) is -0.965. The number of unbranched alkanes of at least 4 members (excludes halogenated alkanes) is 5. The van der Waals surface area contributed by atoms with Crippen molar-refractivity contribution < 1.29 is 14.7 Å². The van der Waals surface area contributed by atoms with Crippen molar-refractivity contribution in [2.45, 2.75) is 45.4 Å². The van der Waals surface area contributed by atoms with Gasteiger partial charge < -0.3 is 9.94 Å². The molecule has 0 saturated heterocycles. The van der Waals surface area contributed by atoms with Gasteiger partial charge >= 0.3 is 5.97 Å². The summed E-state index contributed by atoms with van der Waals surface area (Å²) in [7, 11) is 0. The molecule has 0 aliphatic heterocycles. The molecule has 96 valence electrons. The Labute approximate surface area is 102 Å². The molecule has 1 N–H and O–H groups in total. The second-order valence-corrected chi connectivity index (χ2v) is 3.54. The second-order valence-electron chi connectivity index (χ2n) is 3.23. The summed E-state index contributed by atoms with van der Waals surface area (Å²) in [6, 6.07) is 0. The maximum absolute atomic E-state index is 9.47. The van der Waals surface area contributed by atoms with Crippen LogP contribution in [0.5, 0.6) is 0 Å². The van der Waals surface area contributed by atoms with Crippen LogP contribution in [0.3, 0.4) is 0 Å². The van der Waals surface area contributed by atoms with Gasteiger partial charge in [0.1, 0.15) is 6.61 Å². The van der Waals surface area contributed by atoms with Crippen molar-refractivity contribution >= 4 is 18.6 Å². The molecule has 5 nitrogen and oxygen atoms in total. The molecule has 0 unspecified atom stereocenters. The Morgan fingerprint density at radius 1 is 1.25 bits per heavy atom. The summed E-state index contributed by atoms with van der Waals surface area (Å²) >= 11 is 3.42. The van der Waals surface area contributed by atoms with Gasteiger partial charge in [-0.15, -0.1) is 4.91 Å². The van der Waals surface area contributed by atoms with E-state index >= 15 is 0 Å². The maximum atomic E-state index is 9.47. The molecular formula is C10H21NO4S. The van der Waals surface area contributed by atoms with Crippen molar-refractivity contribution in [3.05, 3.63) is 4.91 Å². The molecule has 0 amide bonds. The van der Waals surface area contributed by atoms with Gasteiger partial charge in [0.15, 0.2) is 5.34 Å². The van der Waals surface area contributed by atoms with Crippen molar-refractivity contribution in [2.24, 2.45) is 5.34 Å². The molecule has 0 saturated carbocycles. The second kappa shape index (κ2) is 16.6. The molecule has 0 radical (unpaired) electrons. The Kier molecular flexibility index (Phi) is 18.3. The summed E-state index contributed by atoms with van der Waals surface area (Å²) < 4.78 is 0. The molecule has 0 heterocycles. The quantitative estimate of drug-likeness (QED) is 0.286. The molecule has 0 fully saturated rings. The van der Waals surface area contributed by atoms with Crippen LogP contribution in [0.2, 0.25) is 0 Å². The lowest BCUT2D eigenvalue weighted by Crippen LogP contribution is -1.92. The molecule has 0 aromatic carbocycles. The third-order valence-corrected chi connectivity index (χ3v) is 2.05. The minimum absolute atomic E-state index is 0.0833. The third kappa shape index (κ3) is 23.2. The largest absolute Gasteiger partial charge is 0.481 e. The molecule has 6 heteroatoms. The molecule has 0 aliphatic carbocycles. The number of hydrogen-bond donors (Lipinski definition) is 2. The smallest absolute Gasteiger partial charge is 0.313 e. The molecule has 0 bridgehead atoms. The van der Waals surface area contributed by atoms with Crippen LogP contribution in [0, 0.1) is 4.91 Å². The molecule has 0 atom stereocenters. The van der Waals surface area contributed by atoms with Crippen molar-refractivity contribution in [1.82, 2.24) is 0 Å². The zero-order chi connectivity index (χ0) is 12.6. The Hall–Kier alpha value is -0.780. The molecule has 0 aromatic rings. The van der Waals surface area contributed by atoms with Gasteiger partial charge in [-0.2, -0.15) is 12.6 Å². The molecule has 16 heavy (non-hydrogen) atoms. The van der Waals surface area contributed by atoms with Crippen LogP contribution in [-0.4, -0.2) is 23.4 Å². The van der Waals surface area contributed by atoms with Gasteiger partial charge in [-0.05, 0) is 12.8 Å². The van der Waals surface area contributed by atoms with Crippen LogP contribution in [-0.2, 0) is 9.63 Å². The number of thiol groups is 1. The van der Waals surface area contributed by atoms with Crippen molar-refractivity contribution in [3.63, 3.8) is 0 Å². The monoisotopic (exact) mass is 251 g/mol. The van der Waals surface area contributed by atoms with E-state index in [1.54, 1.807) is 0 Å². The van der Waals surface area contributed by atoms with E-state index in [1.807, 2.05) is 0 Å². The first-order valence-corrected chi connectivity index (χ1v) is 6.09. The minimum Gasteiger partial charge on any atom is -0.481 e. The standard InChI is InChI=1S/C8H17NO2.C2H4O2S/c1-2-3-4-5-6-7-8-11-9-10;3-2(4)1-5/h2-8H2,1H3;5H,1H2,(H,3,4). The lowest BCUT2D eigenvalue weighted by atomic mass is 10.1. The molecule has 0 rings (SSSR count). The molecular weight excluding hydrogens is 230 g/mol. The highest BCUT2D eigenvalue weighted by Crippen LogP contribution is 2.04. The zero-order valence-electron chi connectivity index (χ0n) is 9.72. The summed E-state index contributed by atoms with van der Waals surface area (Å²) in [4.78, 5) is 23.1. The van der Waals surface area contributed by atoms with E-state index in [1.165, 1.54) is 25.7 Å². The van der Waals surface area contributed by atoms with Gasteiger partial charge in [0.25, 0.3) is 0 Å². The fourth-order valence-electron chi connectivity index (χ4n) is 0.984. The zero-order valence-corrected chi connectivity index (χ0v) is 10.6. The minimum atomic E-state index is -0.881. The summed E-state index contributed by atoms with van der Waals surface area (Å²) in [5, 5.41) is 9.97. The number of carboxylic acids is 1. The van der Waals surface area contributed by atoms with Crippen LogP contribution >= 0.6 is 12.6 Å². The Bertz CT molecular complexity index is 167. The van der Waals surface area contributed by atoms with Crippen molar-refractivity contribution in [3.8, 4) is 0 Å².